The van der Waals surface area contributed by atoms with Crippen LogP contribution < -0.4 is 0 Å². The van der Waals surface area contributed by atoms with Crippen molar-refractivity contribution in [1.29, 1.82) is 0 Å². The zero-order valence-corrected chi connectivity index (χ0v) is 17.1. The largest absolute Gasteiger partial charge is 0.368 e. The zero-order valence-electron chi connectivity index (χ0n) is 17.1. The van der Waals surface area contributed by atoms with Gasteiger partial charge < -0.3 is 4.74 Å². The number of rotatable bonds is 1. The van der Waals surface area contributed by atoms with Crippen molar-refractivity contribution in [2.75, 3.05) is 0 Å². The lowest BCUT2D eigenvalue weighted by atomic mass is 9.85. The molecule has 0 saturated carbocycles. The van der Waals surface area contributed by atoms with Crippen molar-refractivity contribution in [1.82, 2.24) is 15.0 Å². The Bertz CT molecular complexity index is 1040. The van der Waals surface area contributed by atoms with Gasteiger partial charge in [-0.2, -0.15) is 0 Å². The predicted molar refractivity (Wildman–Crippen MR) is 111 cm³/mol. The van der Waals surface area contributed by atoms with Gasteiger partial charge in [0.25, 0.3) is 0 Å². The number of ether oxygens (including phenoxy) is 1. The lowest BCUT2D eigenvalue weighted by Crippen LogP contribution is -2.25. The fourth-order valence-corrected chi connectivity index (χ4v) is 4.67. The highest BCUT2D eigenvalue weighted by molar-refractivity contribution is 5.84. The number of aryl methyl sites for hydroxylation is 1. The molecule has 1 aromatic heterocycles. The highest BCUT2D eigenvalue weighted by Crippen LogP contribution is 2.46. The number of hydrogen-bond acceptors (Lipinski definition) is 3. The van der Waals surface area contributed by atoms with Gasteiger partial charge in [-0.1, -0.05) is 47.7 Å². The lowest BCUT2D eigenvalue weighted by molar-refractivity contribution is -0.0611. The Kier molecular flexibility index (Phi) is 3.95. The maximum atomic E-state index is 6.57. The molecular formula is C24H27N3O. The summed E-state index contributed by atoms with van der Waals surface area (Å²) in [4.78, 5) is 0. The Morgan fingerprint density at radius 2 is 1.82 bits per heavy atom. The molecule has 0 amide bonds. The van der Waals surface area contributed by atoms with Crippen LogP contribution in [0.3, 0.4) is 0 Å². The molecule has 0 spiro atoms. The summed E-state index contributed by atoms with van der Waals surface area (Å²) >= 11 is 0. The average Bonchev–Trinajstić information content (AvgIpc) is 3.02. The molecule has 28 heavy (non-hydrogen) atoms. The van der Waals surface area contributed by atoms with E-state index in [9.17, 15) is 0 Å². The van der Waals surface area contributed by atoms with Gasteiger partial charge in [0.2, 0.25) is 0 Å². The number of hydrogen-bond donors (Lipinski definition) is 0. The first kappa shape index (κ1) is 17.6. The van der Waals surface area contributed by atoms with Crippen LogP contribution in [0.2, 0.25) is 0 Å². The number of benzene rings is 2. The minimum Gasteiger partial charge on any atom is -0.368 e. The molecule has 0 saturated heterocycles. The predicted octanol–water partition coefficient (Wildman–Crippen LogP) is 5.53. The van der Waals surface area contributed by atoms with Crippen LogP contribution in [0.25, 0.3) is 22.5 Å². The van der Waals surface area contributed by atoms with E-state index in [1.165, 1.54) is 27.9 Å². The van der Waals surface area contributed by atoms with E-state index in [0.717, 1.165) is 30.5 Å². The van der Waals surface area contributed by atoms with Crippen LogP contribution in [0, 0.1) is 0 Å². The molecular weight excluding hydrogens is 346 g/mol. The second kappa shape index (κ2) is 6.28. The Balaban J connectivity index is 1.83. The molecule has 0 bridgehead atoms. The molecule has 1 aliphatic carbocycles. The van der Waals surface area contributed by atoms with Crippen LogP contribution in [0.15, 0.2) is 42.5 Å². The van der Waals surface area contributed by atoms with Crippen LogP contribution >= 0.6 is 0 Å². The highest BCUT2D eigenvalue weighted by Gasteiger charge is 2.33. The first-order valence-corrected chi connectivity index (χ1v) is 10.3. The number of nitrogens with zero attached hydrogens (tertiary/aromatic N) is 3. The zero-order chi connectivity index (χ0) is 19.5. The summed E-state index contributed by atoms with van der Waals surface area (Å²) in [7, 11) is 0. The van der Waals surface area contributed by atoms with E-state index in [1.54, 1.807) is 0 Å². The van der Waals surface area contributed by atoms with E-state index in [-0.39, 0.29) is 11.7 Å². The van der Waals surface area contributed by atoms with Gasteiger partial charge >= 0.3 is 0 Å². The summed E-state index contributed by atoms with van der Waals surface area (Å²) in [6.45, 7) is 8.63. The number of aromatic nitrogens is 3. The van der Waals surface area contributed by atoms with E-state index in [1.807, 2.05) is 0 Å². The molecule has 2 atom stereocenters. The number of fused-ring (bicyclic) bond motifs is 2. The van der Waals surface area contributed by atoms with Crippen molar-refractivity contribution >= 4 is 0 Å². The molecule has 2 aromatic carbocycles. The van der Waals surface area contributed by atoms with Crippen molar-refractivity contribution < 1.29 is 4.74 Å². The molecule has 4 heteroatoms. The smallest absolute Gasteiger partial charge is 0.121 e. The molecule has 0 fully saturated rings. The van der Waals surface area contributed by atoms with E-state index in [0.29, 0.717) is 6.04 Å². The summed E-state index contributed by atoms with van der Waals surface area (Å²) in [5.74, 6) is 0. The van der Waals surface area contributed by atoms with Crippen LogP contribution in [0.5, 0.6) is 0 Å². The van der Waals surface area contributed by atoms with Crippen molar-refractivity contribution in [2.24, 2.45) is 0 Å². The Hall–Kier alpha value is -2.46. The summed E-state index contributed by atoms with van der Waals surface area (Å²) < 4.78 is 8.72. The molecule has 1 aliphatic heterocycles. The van der Waals surface area contributed by atoms with Gasteiger partial charge in [-0.05, 0) is 57.2 Å². The van der Waals surface area contributed by atoms with Crippen LogP contribution in [0.1, 0.15) is 63.0 Å². The minimum absolute atomic E-state index is 0.0123. The van der Waals surface area contributed by atoms with Gasteiger partial charge in [-0.25, -0.2) is 4.68 Å². The fourth-order valence-electron chi connectivity index (χ4n) is 4.67. The van der Waals surface area contributed by atoms with Crippen LogP contribution in [-0.2, 0) is 17.6 Å². The first-order chi connectivity index (χ1) is 13.4. The van der Waals surface area contributed by atoms with Crippen molar-refractivity contribution in [3.8, 4) is 22.5 Å². The van der Waals surface area contributed by atoms with Crippen molar-refractivity contribution in [3.63, 3.8) is 0 Å². The molecule has 3 aromatic rings. The molecule has 2 aliphatic rings. The third-order valence-corrected chi connectivity index (χ3v) is 5.88. The summed E-state index contributed by atoms with van der Waals surface area (Å²) in [6.07, 6.45) is 2.99. The molecule has 0 radical (unpaired) electrons. The minimum atomic E-state index is -0.225. The monoisotopic (exact) mass is 373 g/mol. The maximum absolute atomic E-state index is 6.57. The molecule has 2 unspecified atom stereocenters. The Labute approximate surface area is 166 Å². The summed E-state index contributed by atoms with van der Waals surface area (Å²) in [6, 6.07) is 15.6. The summed E-state index contributed by atoms with van der Waals surface area (Å²) in [5.41, 5.74) is 8.35. The normalized spacial score (nSPS) is 20.6. The van der Waals surface area contributed by atoms with Crippen LogP contribution in [-0.4, -0.2) is 20.6 Å². The third-order valence-electron chi connectivity index (χ3n) is 5.88. The second-order valence-electron chi connectivity index (χ2n) is 9.08. The average molecular weight is 374 g/mol. The molecule has 0 N–H and O–H groups in total. The SMILES string of the molecule is CC1CCc2cccc3c2-c2c(nnn21)-c1ccccc1C(OC(C)(C)C)C3. The van der Waals surface area contributed by atoms with Gasteiger partial charge in [0.1, 0.15) is 5.69 Å². The second-order valence-corrected chi connectivity index (χ2v) is 9.08. The van der Waals surface area contributed by atoms with Gasteiger partial charge in [0.15, 0.2) is 0 Å². The van der Waals surface area contributed by atoms with Gasteiger partial charge in [0, 0.05) is 17.5 Å². The Morgan fingerprint density at radius 1 is 1.04 bits per heavy atom. The standard InChI is InChI=1S/C24H27N3O/c1-15-12-13-16-8-7-9-17-14-20(28-24(2,3)4)18-10-5-6-11-19(18)22-23(21(16)17)27(15)26-25-22/h5-11,15,20H,12-14H2,1-4H3. The highest BCUT2D eigenvalue weighted by atomic mass is 16.5. The Morgan fingerprint density at radius 3 is 2.64 bits per heavy atom. The molecule has 4 nitrogen and oxygen atoms in total. The molecule has 5 rings (SSSR count). The van der Waals surface area contributed by atoms with Crippen LogP contribution in [0.4, 0.5) is 0 Å². The van der Waals surface area contributed by atoms with E-state index in [4.69, 9.17) is 4.74 Å². The lowest BCUT2D eigenvalue weighted by Gasteiger charge is -2.31. The van der Waals surface area contributed by atoms with Crippen molar-refractivity contribution in [3.05, 3.63) is 59.2 Å². The third kappa shape index (κ3) is 2.78. The summed E-state index contributed by atoms with van der Waals surface area (Å²) in [5, 5.41) is 9.29. The fraction of sp³-hybridized carbons (Fsp3) is 0.417. The van der Waals surface area contributed by atoms with E-state index >= 15 is 0 Å². The van der Waals surface area contributed by atoms with E-state index in [2.05, 4.69) is 85.2 Å². The maximum Gasteiger partial charge on any atom is 0.121 e. The first-order valence-electron chi connectivity index (χ1n) is 10.3. The molecule has 144 valence electrons. The molecule has 2 heterocycles. The topological polar surface area (TPSA) is 39.9 Å². The van der Waals surface area contributed by atoms with Gasteiger partial charge in [-0.3, -0.25) is 0 Å². The van der Waals surface area contributed by atoms with Gasteiger partial charge in [-0.15, -0.1) is 5.10 Å². The van der Waals surface area contributed by atoms with Crippen molar-refractivity contribution in [2.45, 2.75) is 64.7 Å². The quantitative estimate of drug-likeness (QED) is 0.563. The van der Waals surface area contributed by atoms with E-state index < -0.39 is 0 Å². The van der Waals surface area contributed by atoms with Gasteiger partial charge in [0.05, 0.1) is 23.4 Å².